The highest BCUT2D eigenvalue weighted by molar-refractivity contribution is 6.09. The van der Waals surface area contributed by atoms with Crippen LogP contribution in [0.3, 0.4) is 0 Å². The van der Waals surface area contributed by atoms with Crippen molar-refractivity contribution in [2.75, 3.05) is 11.4 Å². The first-order valence-corrected chi connectivity index (χ1v) is 8.36. The SMILES string of the molecule is CC1=NN=C(NC(=O)OCc2ccccc2)N(c2cccc(C(F)(F)F)c2)C1. The molecule has 0 aromatic heterocycles. The Labute approximate surface area is 159 Å². The third-order valence-electron chi connectivity index (χ3n) is 3.87. The number of hydrogen-bond acceptors (Lipinski definition) is 5. The number of alkyl halides is 3. The van der Waals surface area contributed by atoms with Gasteiger partial charge in [0.2, 0.25) is 5.96 Å². The van der Waals surface area contributed by atoms with Crippen molar-refractivity contribution < 1.29 is 22.7 Å². The second-order valence-corrected chi connectivity index (χ2v) is 6.08. The Morgan fingerprint density at radius 1 is 1.14 bits per heavy atom. The largest absolute Gasteiger partial charge is 0.444 e. The standard InChI is InChI=1S/C19H17F3N4O2/c1-13-11-26(16-9-5-8-15(10-16)19(20,21)22)17(25-24-13)23-18(27)28-12-14-6-3-2-4-7-14/h2-10H,11-12H2,1H3,(H,23,25,27). The maximum absolute atomic E-state index is 13.0. The van der Waals surface area contributed by atoms with Gasteiger partial charge in [0, 0.05) is 5.69 Å². The maximum atomic E-state index is 13.0. The number of hydrogen-bond donors (Lipinski definition) is 1. The van der Waals surface area contributed by atoms with Crippen LogP contribution in [0.5, 0.6) is 0 Å². The molecule has 0 aliphatic carbocycles. The van der Waals surface area contributed by atoms with Crippen molar-refractivity contribution in [2.24, 2.45) is 10.2 Å². The van der Waals surface area contributed by atoms with E-state index in [2.05, 4.69) is 15.5 Å². The van der Waals surface area contributed by atoms with Gasteiger partial charge in [-0.25, -0.2) is 4.79 Å². The lowest BCUT2D eigenvalue weighted by molar-refractivity contribution is -0.137. The molecule has 3 rings (SSSR count). The molecule has 0 atom stereocenters. The fraction of sp³-hybridized carbons (Fsp3) is 0.211. The predicted molar refractivity (Wildman–Crippen MR) is 99.1 cm³/mol. The molecule has 0 spiro atoms. The van der Waals surface area contributed by atoms with E-state index in [9.17, 15) is 18.0 Å². The Morgan fingerprint density at radius 2 is 1.89 bits per heavy atom. The number of guanidine groups is 1. The summed E-state index contributed by atoms with van der Waals surface area (Å²) in [5, 5.41) is 10.2. The van der Waals surface area contributed by atoms with Gasteiger partial charge in [-0.2, -0.15) is 18.3 Å². The van der Waals surface area contributed by atoms with Gasteiger partial charge < -0.3 is 9.64 Å². The summed E-state index contributed by atoms with van der Waals surface area (Å²) in [5.74, 6) is -0.0111. The number of carbonyl (C=O) groups excluding carboxylic acids is 1. The van der Waals surface area contributed by atoms with Crippen molar-refractivity contribution in [2.45, 2.75) is 19.7 Å². The lowest BCUT2D eigenvalue weighted by Gasteiger charge is -2.28. The molecule has 9 heteroatoms. The fourth-order valence-electron chi connectivity index (χ4n) is 2.53. The Bertz CT molecular complexity index is 911. The molecule has 0 bridgehead atoms. The van der Waals surface area contributed by atoms with Crippen molar-refractivity contribution in [1.82, 2.24) is 5.32 Å². The Kier molecular flexibility index (Phi) is 5.62. The lowest BCUT2D eigenvalue weighted by Crippen LogP contribution is -2.48. The van der Waals surface area contributed by atoms with Crippen LogP contribution in [0.1, 0.15) is 18.1 Å². The molecule has 2 aromatic rings. The van der Waals surface area contributed by atoms with Gasteiger partial charge >= 0.3 is 12.3 Å². The number of nitrogens with zero attached hydrogens (tertiary/aromatic N) is 3. The summed E-state index contributed by atoms with van der Waals surface area (Å²) in [6, 6.07) is 13.8. The molecule has 1 heterocycles. The molecule has 2 aromatic carbocycles. The summed E-state index contributed by atoms with van der Waals surface area (Å²) >= 11 is 0. The summed E-state index contributed by atoms with van der Waals surface area (Å²) in [6.45, 7) is 1.92. The number of carbonyl (C=O) groups is 1. The number of benzene rings is 2. The molecule has 28 heavy (non-hydrogen) atoms. The monoisotopic (exact) mass is 390 g/mol. The third-order valence-corrected chi connectivity index (χ3v) is 3.87. The van der Waals surface area contributed by atoms with Crippen molar-refractivity contribution in [3.63, 3.8) is 0 Å². The fourth-order valence-corrected chi connectivity index (χ4v) is 2.53. The minimum absolute atomic E-state index is 0.0111. The highest BCUT2D eigenvalue weighted by Gasteiger charge is 2.31. The van der Waals surface area contributed by atoms with E-state index in [4.69, 9.17) is 4.74 Å². The summed E-state index contributed by atoms with van der Waals surface area (Å²) in [7, 11) is 0. The molecule has 0 fully saturated rings. The van der Waals surface area contributed by atoms with Crippen molar-refractivity contribution >= 4 is 23.5 Å². The number of alkyl carbamates (subject to hydrolysis) is 1. The number of rotatable bonds is 3. The second kappa shape index (κ2) is 8.12. The number of ether oxygens (including phenoxy) is 1. The van der Waals surface area contributed by atoms with E-state index in [1.807, 2.05) is 18.2 Å². The van der Waals surface area contributed by atoms with Crippen LogP contribution in [0.25, 0.3) is 0 Å². The average molecular weight is 390 g/mol. The average Bonchev–Trinajstić information content (AvgIpc) is 2.68. The van der Waals surface area contributed by atoms with E-state index < -0.39 is 17.8 Å². The lowest BCUT2D eigenvalue weighted by atomic mass is 10.1. The minimum atomic E-state index is -4.48. The van der Waals surface area contributed by atoms with Crippen molar-refractivity contribution in [3.05, 3.63) is 65.7 Å². The van der Waals surface area contributed by atoms with E-state index in [1.54, 1.807) is 19.1 Å². The smallest absolute Gasteiger partial charge is 0.416 e. The van der Waals surface area contributed by atoms with Gasteiger partial charge in [0.15, 0.2) is 0 Å². The molecule has 1 aliphatic heterocycles. The highest BCUT2D eigenvalue weighted by Crippen LogP contribution is 2.31. The van der Waals surface area contributed by atoms with Crippen LogP contribution in [0, 0.1) is 0 Å². The summed E-state index contributed by atoms with van der Waals surface area (Å²) in [6.07, 6.45) is -5.26. The molecule has 146 valence electrons. The summed E-state index contributed by atoms with van der Waals surface area (Å²) in [4.78, 5) is 13.5. The first kappa shape index (κ1) is 19.4. The first-order valence-electron chi connectivity index (χ1n) is 8.36. The summed E-state index contributed by atoms with van der Waals surface area (Å²) in [5.41, 5.74) is 0.815. The van der Waals surface area contributed by atoms with Crippen LogP contribution in [0.2, 0.25) is 0 Å². The summed E-state index contributed by atoms with van der Waals surface area (Å²) < 4.78 is 44.2. The van der Waals surface area contributed by atoms with Gasteiger partial charge in [-0.3, -0.25) is 5.32 Å². The van der Waals surface area contributed by atoms with Gasteiger partial charge in [0.25, 0.3) is 0 Å². The molecule has 1 aliphatic rings. The van der Waals surface area contributed by atoms with Crippen LogP contribution in [-0.4, -0.2) is 24.3 Å². The van der Waals surface area contributed by atoms with Crippen molar-refractivity contribution in [3.8, 4) is 0 Å². The van der Waals surface area contributed by atoms with Crippen LogP contribution in [0.4, 0.5) is 23.7 Å². The molecule has 1 amide bonds. The van der Waals surface area contributed by atoms with Crippen LogP contribution in [-0.2, 0) is 17.5 Å². The zero-order valence-electron chi connectivity index (χ0n) is 14.9. The normalized spacial score (nSPS) is 14.2. The van der Waals surface area contributed by atoms with E-state index in [1.165, 1.54) is 17.0 Å². The minimum Gasteiger partial charge on any atom is -0.444 e. The number of amides is 1. The molecule has 1 N–H and O–H groups in total. The number of anilines is 1. The van der Waals surface area contributed by atoms with Crippen molar-refractivity contribution in [1.29, 1.82) is 0 Å². The first-order chi connectivity index (χ1) is 13.3. The van der Waals surface area contributed by atoms with Crippen LogP contribution < -0.4 is 10.2 Å². The zero-order valence-corrected chi connectivity index (χ0v) is 14.9. The van der Waals surface area contributed by atoms with E-state index in [0.29, 0.717) is 5.71 Å². The predicted octanol–water partition coefficient (Wildman–Crippen LogP) is 4.18. The van der Waals surface area contributed by atoms with E-state index >= 15 is 0 Å². The third kappa shape index (κ3) is 4.87. The number of nitrogens with one attached hydrogen (secondary N) is 1. The Balaban J connectivity index is 1.74. The van der Waals surface area contributed by atoms with Gasteiger partial charge in [-0.15, -0.1) is 5.10 Å². The molecule has 0 saturated heterocycles. The van der Waals surface area contributed by atoms with Gasteiger partial charge in [-0.1, -0.05) is 36.4 Å². The highest BCUT2D eigenvalue weighted by atomic mass is 19.4. The quantitative estimate of drug-likeness (QED) is 0.855. The van der Waals surface area contributed by atoms with E-state index in [-0.39, 0.29) is 24.8 Å². The molecular weight excluding hydrogens is 373 g/mol. The second-order valence-electron chi connectivity index (χ2n) is 6.08. The molecule has 0 unspecified atom stereocenters. The van der Waals surface area contributed by atoms with Crippen LogP contribution in [0.15, 0.2) is 64.8 Å². The topological polar surface area (TPSA) is 66.3 Å². The Morgan fingerprint density at radius 3 is 2.61 bits per heavy atom. The van der Waals surface area contributed by atoms with Gasteiger partial charge in [-0.05, 0) is 30.7 Å². The molecule has 6 nitrogen and oxygen atoms in total. The van der Waals surface area contributed by atoms with Crippen LogP contribution >= 0.6 is 0 Å². The molecular formula is C19H17F3N4O2. The van der Waals surface area contributed by atoms with Gasteiger partial charge in [0.1, 0.15) is 6.61 Å². The maximum Gasteiger partial charge on any atom is 0.416 e. The Hall–Kier alpha value is -3.36. The zero-order chi connectivity index (χ0) is 20.1. The molecule has 0 radical (unpaired) electrons. The van der Waals surface area contributed by atoms with E-state index in [0.717, 1.165) is 17.7 Å². The number of halogens is 3. The van der Waals surface area contributed by atoms with Gasteiger partial charge in [0.05, 0.1) is 17.8 Å². The molecule has 0 saturated carbocycles.